The highest BCUT2D eigenvalue weighted by molar-refractivity contribution is 9.10. The molecular formula is C32H29BrN2O4S2. The van der Waals surface area contributed by atoms with Crippen LogP contribution in [0.1, 0.15) is 43.5 Å². The zero-order valence-corrected chi connectivity index (χ0v) is 26.3. The minimum absolute atomic E-state index is 0.203. The van der Waals surface area contributed by atoms with Gasteiger partial charge in [0, 0.05) is 9.37 Å². The molecule has 0 spiro atoms. The number of carbonyl (C=O) groups excluding carboxylic acids is 1. The third-order valence-electron chi connectivity index (χ3n) is 6.51. The summed E-state index contributed by atoms with van der Waals surface area (Å²) in [6.45, 7) is 5.87. The number of thioether (sulfide) groups is 1. The van der Waals surface area contributed by atoms with Crippen molar-refractivity contribution >= 4 is 51.1 Å². The summed E-state index contributed by atoms with van der Waals surface area (Å²) in [6.07, 6.45) is 3.56. The van der Waals surface area contributed by atoms with E-state index in [1.54, 1.807) is 23.3 Å². The van der Waals surface area contributed by atoms with Crippen LogP contribution < -0.4 is 19.6 Å². The maximum Gasteiger partial charge on any atom is 0.338 e. The van der Waals surface area contributed by atoms with Gasteiger partial charge < -0.3 is 9.47 Å². The Kier molecular flexibility index (Phi) is 8.97. The molecule has 9 heteroatoms. The average Bonchev–Trinajstić information content (AvgIpc) is 3.26. The summed E-state index contributed by atoms with van der Waals surface area (Å²) in [6, 6.07) is 22.9. The summed E-state index contributed by atoms with van der Waals surface area (Å²) in [5.41, 5.74) is 3.49. The molecule has 1 aliphatic heterocycles. The molecule has 0 saturated carbocycles. The number of benzene rings is 3. The Labute approximate surface area is 255 Å². The van der Waals surface area contributed by atoms with Gasteiger partial charge in [-0.25, -0.2) is 9.79 Å². The number of fused-ring (bicyclic) bond motifs is 1. The van der Waals surface area contributed by atoms with Crippen molar-refractivity contribution in [2.45, 2.75) is 44.4 Å². The number of halogens is 1. The van der Waals surface area contributed by atoms with Crippen LogP contribution in [-0.2, 0) is 16.1 Å². The monoisotopic (exact) mass is 648 g/mol. The van der Waals surface area contributed by atoms with Crippen molar-refractivity contribution in [3.63, 3.8) is 0 Å². The fourth-order valence-electron chi connectivity index (χ4n) is 4.52. The van der Waals surface area contributed by atoms with E-state index in [4.69, 9.17) is 9.47 Å². The lowest BCUT2D eigenvalue weighted by Crippen LogP contribution is -2.40. The van der Waals surface area contributed by atoms with Gasteiger partial charge >= 0.3 is 5.97 Å². The van der Waals surface area contributed by atoms with Gasteiger partial charge in [0.05, 0.1) is 27.9 Å². The van der Waals surface area contributed by atoms with Crippen molar-refractivity contribution < 1.29 is 14.3 Å². The first kappa shape index (κ1) is 29.1. The number of ether oxygens (including phenoxy) is 2. The number of esters is 1. The largest absolute Gasteiger partial charge is 0.489 e. The van der Waals surface area contributed by atoms with Crippen LogP contribution in [0.3, 0.4) is 0 Å². The SMILES string of the molecule is CSc1ccc([C@@H]2C(C(=O)OC(C)C)=C(C)N=c3s/c(=C\c4ccc(OCc5ccc(Br)cc5)cc4)c(=O)n32)cc1. The van der Waals surface area contributed by atoms with Gasteiger partial charge in [-0.2, -0.15) is 0 Å². The number of nitrogens with zero attached hydrogens (tertiary/aromatic N) is 2. The van der Waals surface area contributed by atoms with Crippen LogP contribution in [0.5, 0.6) is 5.75 Å². The molecule has 210 valence electrons. The van der Waals surface area contributed by atoms with E-state index in [1.807, 2.05) is 99.0 Å². The molecule has 0 unspecified atom stereocenters. The summed E-state index contributed by atoms with van der Waals surface area (Å²) in [4.78, 5) is 33.4. The first-order chi connectivity index (χ1) is 19.7. The molecule has 2 heterocycles. The lowest BCUT2D eigenvalue weighted by Gasteiger charge is -2.25. The van der Waals surface area contributed by atoms with E-state index in [9.17, 15) is 9.59 Å². The maximum atomic E-state index is 13.8. The Bertz CT molecular complexity index is 1770. The Hall–Kier alpha value is -3.40. The lowest BCUT2D eigenvalue weighted by atomic mass is 9.96. The number of hydrogen-bond donors (Lipinski definition) is 0. The highest BCUT2D eigenvalue weighted by atomic mass is 79.9. The van der Waals surface area contributed by atoms with Crippen LogP contribution in [0.2, 0.25) is 0 Å². The number of hydrogen-bond acceptors (Lipinski definition) is 7. The molecule has 0 saturated heterocycles. The van der Waals surface area contributed by atoms with E-state index in [2.05, 4.69) is 20.9 Å². The van der Waals surface area contributed by atoms with Crippen molar-refractivity contribution in [2.75, 3.05) is 6.26 Å². The molecule has 0 amide bonds. The van der Waals surface area contributed by atoms with Crippen LogP contribution >= 0.6 is 39.0 Å². The van der Waals surface area contributed by atoms with E-state index in [0.29, 0.717) is 27.2 Å². The molecule has 5 rings (SSSR count). The molecule has 0 fully saturated rings. The second-order valence-electron chi connectivity index (χ2n) is 9.79. The maximum absolute atomic E-state index is 13.8. The predicted octanol–water partition coefficient (Wildman–Crippen LogP) is 6.25. The molecule has 0 radical (unpaired) electrons. The molecule has 0 aliphatic carbocycles. The zero-order valence-electron chi connectivity index (χ0n) is 23.1. The molecule has 1 aliphatic rings. The third kappa shape index (κ3) is 6.58. The van der Waals surface area contributed by atoms with Crippen LogP contribution in [-0.4, -0.2) is 22.9 Å². The Morgan fingerprint density at radius 1 is 1.07 bits per heavy atom. The second kappa shape index (κ2) is 12.6. The molecule has 0 bridgehead atoms. The van der Waals surface area contributed by atoms with Gasteiger partial charge in [0.15, 0.2) is 4.80 Å². The fourth-order valence-corrected chi connectivity index (χ4v) is 6.24. The number of thiazole rings is 1. The van der Waals surface area contributed by atoms with Crippen LogP contribution in [0.15, 0.2) is 103 Å². The van der Waals surface area contributed by atoms with Crippen molar-refractivity contribution in [3.8, 4) is 5.75 Å². The highest BCUT2D eigenvalue weighted by Crippen LogP contribution is 2.32. The topological polar surface area (TPSA) is 69.9 Å². The van der Waals surface area contributed by atoms with Crippen LogP contribution in [0.25, 0.3) is 6.08 Å². The molecular weight excluding hydrogens is 620 g/mol. The van der Waals surface area contributed by atoms with Gasteiger partial charge in [-0.05, 0) is 86.2 Å². The van der Waals surface area contributed by atoms with Gasteiger partial charge in [-0.3, -0.25) is 9.36 Å². The summed E-state index contributed by atoms with van der Waals surface area (Å²) < 4.78 is 14.7. The number of aromatic nitrogens is 1. The van der Waals surface area contributed by atoms with E-state index in [1.165, 1.54) is 11.3 Å². The summed E-state index contributed by atoms with van der Waals surface area (Å²) in [7, 11) is 0. The minimum atomic E-state index is -0.634. The van der Waals surface area contributed by atoms with Gasteiger partial charge in [0.2, 0.25) is 0 Å². The van der Waals surface area contributed by atoms with E-state index >= 15 is 0 Å². The molecule has 1 atom stereocenters. The smallest absolute Gasteiger partial charge is 0.338 e. The number of rotatable bonds is 8. The normalized spacial score (nSPS) is 15.1. The average molecular weight is 650 g/mol. The first-order valence-electron chi connectivity index (χ1n) is 13.1. The molecule has 4 aromatic rings. The Morgan fingerprint density at radius 2 is 1.76 bits per heavy atom. The highest BCUT2D eigenvalue weighted by Gasteiger charge is 2.33. The van der Waals surface area contributed by atoms with Crippen molar-refractivity contribution in [2.24, 2.45) is 4.99 Å². The van der Waals surface area contributed by atoms with Crippen LogP contribution in [0, 0.1) is 0 Å². The second-order valence-corrected chi connectivity index (χ2v) is 12.6. The van der Waals surface area contributed by atoms with E-state index < -0.39 is 12.0 Å². The van der Waals surface area contributed by atoms with E-state index in [0.717, 1.165) is 31.8 Å². The third-order valence-corrected chi connectivity index (χ3v) is 8.77. The Morgan fingerprint density at radius 3 is 2.39 bits per heavy atom. The van der Waals surface area contributed by atoms with Gasteiger partial charge in [-0.15, -0.1) is 11.8 Å². The quantitative estimate of drug-likeness (QED) is 0.167. The molecule has 3 aromatic carbocycles. The molecule has 41 heavy (non-hydrogen) atoms. The van der Waals surface area contributed by atoms with Gasteiger partial charge in [0.1, 0.15) is 12.4 Å². The predicted molar refractivity (Wildman–Crippen MR) is 168 cm³/mol. The van der Waals surface area contributed by atoms with Crippen LogP contribution in [0.4, 0.5) is 0 Å². The Balaban J connectivity index is 1.49. The molecule has 1 aromatic heterocycles. The molecule has 0 N–H and O–H groups in total. The van der Waals surface area contributed by atoms with Gasteiger partial charge in [-0.1, -0.05) is 63.7 Å². The lowest BCUT2D eigenvalue weighted by molar-refractivity contribution is -0.143. The summed E-state index contributed by atoms with van der Waals surface area (Å²) in [5, 5.41) is 0. The zero-order chi connectivity index (χ0) is 29.1. The van der Waals surface area contributed by atoms with Crippen molar-refractivity contribution in [1.82, 2.24) is 4.57 Å². The van der Waals surface area contributed by atoms with E-state index in [-0.39, 0.29) is 11.7 Å². The number of carbonyl (C=O) groups is 1. The minimum Gasteiger partial charge on any atom is -0.489 e. The standard InChI is InChI=1S/C32H29BrN2O4S2/c1-19(2)39-31(37)28-20(3)34-32-35(29(28)23-9-15-26(40-4)16-10-23)30(36)27(41-32)17-21-7-13-25(14-8-21)38-18-22-5-11-24(33)12-6-22/h5-17,19,29H,18H2,1-4H3/b27-17-/t29-/m1/s1. The molecule has 6 nitrogen and oxygen atoms in total. The number of allylic oxidation sites excluding steroid dienone is 1. The van der Waals surface area contributed by atoms with Gasteiger partial charge in [0.25, 0.3) is 5.56 Å². The first-order valence-corrected chi connectivity index (χ1v) is 15.9. The summed E-state index contributed by atoms with van der Waals surface area (Å²) in [5.74, 6) is 0.275. The van der Waals surface area contributed by atoms with Crippen molar-refractivity contribution in [1.29, 1.82) is 0 Å². The fraction of sp³-hybridized carbons (Fsp3) is 0.219. The summed E-state index contributed by atoms with van der Waals surface area (Å²) >= 11 is 6.39. The van der Waals surface area contributed by atoms with Crippen molar-refractivity contribution in [3.05, 3.63) is 125 Å².